The van der Waals surface area contributed by atoms with Crippen LogP contribution in [0.25, 0.3) is 5.57 Å². The van der Waals surface area contributed by atoms with Crippen LogP contribution in [0.2, 0.25) is 0 Å². The normalized spacial score (nSPS) is 11.8. The smallest absolute Gasteiger partial charge is 0.332 e. The van der Waals surface area contributed by atoms with Crippen LogP contribution in [0.3, 0.4) is 0 Å². The lowest BCUT2D eigenvalue weighted by molar-refractivity contribution is 0.249. The Kier molecular flexibility index (Phi) is 7.80. The van der Waals surface area contributed by atoms with E-state index in [1.54, 1.807) is 6.21 Å². The maximum Gasteiger partial charge on any atom is 0.332 e. The van der Waals surface area contributed by atoms with Gasteiger partial charge in [0, 0.05) is 6.21 Å². The Labute approximate surface area is 120 Å². The van der Waals surface area contributed by atoms with Crippen molar-refractivity contribution >= 4 is 17.8 Å². The molecule has 2 amide bonds. The van der Waals surface area contributed by atoms with Gasteiger partial charge in [0.05, 0.1) is 0 Å². The van der Waals surface area contributed by atoms with Crippen molar-refractivity contribution in [1.82, 2.24) is 5.43 Å². The van der Waals surface area contributed by atoms with Crippen LogP contribution in [-0.2, 0) is 0 Å². The van der Waals surface area contributed by atoms with E-state index in [9.17, 15) is 4.79 Å². The summed E-state index contributed by atoms with van der Waals surface area (Å²) in [5.74, 6) is 0. The standard InChI is InChI=1S/C16H23N3O/c1-2-3-4-6-11-15(12-13-18-19-16(17)20)14-9-7-5-8-10-14/h5,7-10,12-13H,2-4,6,11H2,1H3,(H3,17,19,20). The zero-order chi connectivity index (χ0) is 14.6. The molecule has 0 aromatic heterocycles. The number of hydrazone groups is 1. The van der Waals surface area contributed by atoms with E-state index in [0.29, 0.717) is 0 Å². The molecule has 0 fully saturated rings. The summed E-state index contributed by atoms with van der Waals surface area (Å²) in [6, 6.07) is 9.56. The molecule has 108 valence electrons. The lowest BCUT2D eigenvalue weighted by Gasteiger charge is -2.07. The number of hydrogen-bond acceptors (Lipinski definition) is 2. The van der Waals surface area contributed by atoms with Gasteiger partial charge < -0.3 is 5.73 Å². The lowest BCUT2D eigenvalue weighted by Crippen LogP contribution is -2.24. The fraction of sp³-hybridized carbons (Fsp3) is 0.375. The molecule has 0 aliphatic carbocycles. The Bertz CT molecular complexity index is 452. The van der Waals surface area contributed by atoms with Crippen molar-refractivity contribution in [1.29, 1.82) is 0 Å². The predicted octanol–water partition coefficient (Wildman–Crippen LogP) is 3.69. The number of unbranched alkanes of at least 4 members (excludes halogenated alkanes) is 3. The Hall–Kier alpha value is -2.10. The van der Waals surface area contributed by atoms with Crippen molar-refractivity contribution in [3.05, 3.63) is 42.0 Å². The van der Waals surface area contributed by atoms with Crippen molar-refractivity contribution in [3.63, 3.8) is 0 Å². The third-order valence-electron chi connectivity index (χ3n) is 2.97. The first-order valence-corrected chi connectivity index (χ1v) is 7.07. The van der Waals surface area contributed by atoms with Gasteiger partial charge in [-0.3, -0.25) is 0 Å². The molecule has 0 spiro atoms. The summed E-state index contributed by atoms with van der Waals surface area (Å²) in [7, 11) is 0. The van der Waals surface area contributed by atoms with Crippen LogP contribution in [0.1, 0.15) is 44.6 Å². The average molecular weight is 273 g/mol. The van der Waals surface area contributed by atoms with E-state index in [1.165, 1.54) is 30.4 Å². The first-order valence-electron chi connectivity index (χ1n) is 7.07. The molecule has 1 aromatic rings. The van der Waals surface area contributed by atoms with E-state index in [2.05, 4.69) is 29.6 Å². The lowest BCUT2D eigenvalue weighted by atomic mass is 9.99. The fourth-order valence-electron chi connectivity index (χ4n) is 1.95. The molecule has 0 atom stereocenters. The van der Waals surface area contributed by atoms with Crippen LogP contribution in [0.5, 0.6) is 0 Å². The van der Waals surface area contributed by atoms with Crippen molar-refractivity contribution < 1.29 is 4.79 Å². The molecular formula is C16H23N3O. The zero-order valence-corrected chi connectivity index (χ0v) is 12.0. The molecule has 0 unspecified atom stereocenters. The SMILES string of the molecule is CCCCCCC(=CC=NNC(N)=O)c1ccccc1. The van der Waals surface area contributed by atoms with Gasteiger partial charge in [-0.25, -0.2) is 10.2 Å². The number of urea groups is 1. The number of nitrogens with zero attached hydrogens (tertiary/aromatic N) is 1. The summed E-state index contributed by atoms with van der Waals surface area (Å²) in [6.07, 6.45) is 9.40. The van der Waals surface area contributed by atoms with Gasteiger partial charge in [-0.05, 0) is 30.1 Å². The second-order valence-electron chi connectivity index (χ2n) is 4.62. The fourth-order valence-corrected chi connectivity index (χ4v) is 1.95. The van der Waals surface area contributed by atoms with Crippen LogP contribution in [0.4, 0.5) is 4.79 Å². The van der Waals surface area contributed by atoms with Crippen LogP contribution in [0.15, 0.2) is 41.5 Å². The largest absolute Gasteiger partial charge is 0.350 e. The summed E-state index contributed by atoms with van der Waals surface area (Å²) in [6.45, 7) is 2.20. The maximum atomic E-state index is 10.5. The minimum Gasteiger partial charge on any atom is -0.350 e. The third-order valence-corrected chi connectivity index (χ3v) is 2.97. The number of amides is 2. The van der Waals surface area contributed by atoms with Crippen molar-refractivity contribution in [2.24, 2.45) is 10.8 Å². The minimum absolute atomic E-state index is 0.654. The number of hydrogen-bond donors (Lipinski definition) is 2. The number of benzene rings is 1. The number of allylic oxidation sites excluding steroid dienone is 2. The van der Waals surface area contributed by atoms with Crippen molar-refractivity contribution in [2.75, 3.05) is 0 Å². The summed E-state index contributed by atoms with van der Waals surface area (Å²) >= 11 is 0. The van der Waals surface area contributed by atoms with Gasteiger partial charge in [-0.15, -0.1) is 0 Å². The molecule has 0 saturated carbocycles. The number of carbonyl (C=O) groups is 1. The predicted molar refractivity (Wildman–Crippen MR) is 84.4 cm³/mol. The molecular weight excluding hydrogens is 250 g/mol. The van der Waals surface area contributed by atoms with E-state index in [1.807, 2.05) is 24.3 Å². The molecule has 3 N–H and O–H groups in total. The summed E-state index contributed by atoms with van der Waals surface area (Å²) in [5, 5.41) is 3.75. The first kappa shape index (κ1) is 16.0. The van der Waals surface area contributed by atoms with E-state index < -0.39 is 6.03 Å². The summed E-state index contributed by atoms with van der Waals surface area (Å²) in [4.78, 5) is 10.5. The highest BCUT2D eigenvalue weighted by atomic mass is 16.2. The second-order valence-corrected chi connectivity index (χ2v) is 4.62. The highest BCUT2D eigenvalue weighted by Crippen LogP contribution is 2.20. The number of primary amides is 1. The monoisotopic (exact) mass is 273 g/mol. The van der Waals surface area contributed by atoms with Crippen LogP contribution < -0.4 is 11.2 Å². The molecule has 4 heteroatoms. The highest BCUT2D eigenvalue weighted by molar-refractivity contribution is 5.85. The van der Waals surface area contributed by atoms with E-state index in [-0.39, 0.29) is 0 Å². The van der Waals surface area contributed by atoms with Gasteiger partial charge in [0.1, 0.15) is 0 Å². The van der Waals surface area contributed by atoms with Crippen molar-refractivity contribution in [3.8, 4) is 0 Å². The third kappa shape index (κ3) is 6.73. The molecule has 1 aromatic carbocycles. The van der Waals surface area contributed by atoms with Crippen molar-refractivity contribution in [2.45, 2.75) is 39.0 Å². The van der Waals surface area contributed by atoms with E-state index in [4.69, 9.17) is 5.73 Å². The van der Waals surface area contributed by atoms with Crippen LogP contribution in [0, 0.1) is 0 Å². The second kappa shape index (κ2) is 9.78. The minimum atomic E-state index is -0.654. The van der Waals surface area contributed by atoms with Gasteiger partial charge in [-0.2, -0.15) is 5.10 Å². The summed E-state index contributed by atoms with van der Waals surface area (Å²) in [5.41, 5.74) is 9.55. The van der Waals surface area contributed by atoms with Crippen LogP contribution in [-0.4, -0.2) is 12.2 Å². The molecule has 1 rings (SSSR count). The Morgan fingerprint density at radius 2 is 2.00 bits per heavy atom. The van der Waals surface area contributed by atoms with Gasteiger partial charge in [-0.1, -0.05) is 56.5 Å². The quantitative estimate of drug-likeness (QED) is 0.423. The molecule has 0 aliphatic rings. The molecule has 0 saturated heterocycles. The van der Waals surface area contributed by atoms with Gasteiger partial charge in [0.2, 0.25) is 0 Å². The zero-order valence-electron chi connectivity index (χ0n) is 12.0. The van der Waals surface area contributed by atoms with E-state index >= 15 is 0 Å². The topological polar surface area (TPSA) is 67.5 Å². The molecule has 0 aliphatic heterocycles. The number of nitrogens with two attached hydrogens (primary N) is 1. The number of nitrogens with one attached hydrogen (secondary N) is 1. The van der Waals surface area contributed by atoms with Gasteiger partial charge in [0.15, 0.2) is 0 Å². The molecule has 0 bridgehead atoms. The summed E-state index contributed by atoms with van der Waals surface area (Å²) < 4.78 is 0. The van der Waals surface area contributed by atoms with E-state index in [0.717, 1.165) is 12.8 Å². The molecule has 0 heterocycles. The number of rotatable bonds is 8. The average Bonchev–Trinajstić information content (AvgIpc) is 2.46. The maximum absolute atomic E-state index is 10.5. The Morgan fingerprint density at radius 1 is 1.25 bits per heavy atom. The number of carbonyl (C=O) groups excluding carboxylic acids is 1. The Morgan fingerprint density at radius 3 is 2.65 bits per heavy atom. The highest BCUT2D eigenvalue weighted by Gasteiger charge is 2.00. The Balaban J connectivity index is 2.66. The van der Waals surface area contributed by atoms with Crippen LogP contribution >= 0.6 is 0 Å². The molecule has 4 nitrogen and oxygen atoms in total. The molecule has 20 heavy (non-hydrogen) atoms. The van der Waals surface area contributed by atoms with Gasteiger partial charge in [0.25, 0.3) is 0 Å². The molecule has 0 radical (unpaired) electrons. The first-order chi connectivity index (χ1) is 9.74. The van der Waals surface area contributed by atoms with Gasteiger partial charge >= 0.3 is 6.03 Å².